The van der Waals surface area contributed by atoms with Crippen molar-refractivity contribution in [3.05, 3.63) is 131 Å². The second kappa shape index (κ2) is 11.7. The Hall–Kier alpha value is -3.84. The second-order valence-corrected chi connectivity index (χ2v) is 8.58. The number of halogens is 3. The maximum absolute atomic E-state index is 12.9. The molecule has 1 heterocycles. The number of alkyl halides is 3. The molecular formula is C29H27F3N2O2. The predicted molar refractivity (Wildman–Crippen MR) is 132 cm³/mol. The average molecular weight is 493 g/mol. The van der Waals surface area contributed by atoms with Crippen molar-refractivity contribution in [1.29, 1.82) is 0 Å². The zero-order valence-electron chi connectivity index (χ0n) is 19.7. The van der Waals surface area contributed by atoms with Gasteiger partial charge in [-0.3, -0.25) is 9.69 Å². The van der Waals surface area contributed by atoms with Gasteiger partial charge >= 0.3 is 6.18 Å². The molecule has 0 saturated heterocycles. The Labute approximate surface area is 208 Å². The van der Waals surface area contributed by atoms with Gasteiger partial charge in [0.05, 0.1) is 12.1 Å². The SMILES string of the molecule is O=C(NCCc1ccccc1)c1ccc(CN(Cc2ccccc2)Cc2ccc(C(F)(F)F)cc2)o1. The molecule has 3 aromatic carbocycles. The van der Waals surface area contributed by atoms with Crippen LogP contribution in [-0.4, -0.2) is 17.4 Å². The monoisotopic (exact) mass is 492 g/mol. The normalized spacial score (nSPS) is 11.6. The largest absolute Gasteiger partial charge is 0.455 e. The first-order valence-corrected chi connectivity index (χ1v) is 11.7. The number of furan rings is 1. The Morgan fingerprint density at radius 1 is 0.722 bits per heavy atom. The van der Waals surface area contributed by atoms with Crippen LogP contribution in [0.1, 0.15) is 38.6 Å². The fourth-order valence-corrected chi connectivity index (χ4v) is 3.92. The molecule has 36 heavy (non-hydrogen) atoms. The Balaban J connectivity index is 1.40. The molecule has 0 aliphatic rings. The van der Waals surface area contributed by atoms with Crippen LogP contribution < -0.4 is 5.32 Å². The lowest BCUT2D eigenvalue weighted by Gasteiger charge is -2.22. The highest BCUT2D eigenvalue weighted by Gasteiger charge is 2.30. The number of nitrogens with zero attached hydrogens (tertiary/aromatic N) is 1. The number of carbonyl (C=O) groups is 1. The van der Waals surface area contributed by atoms with Crippen LogP contribution in [0.25, 0.3) is 0 Å². The van der Waals surface area contributed by atoms with E-state index in [-0.39, 0.29) is 11.7 Å². The van der Waals surface area contributed by atoms with Crippen LogP contribution in [0, 0.1) is 0 Å². The van der Waals surface area contributed by atoms with Gasteiger partial charge in [-0.05, 0) is 47.4 Å². The van der Waals surface area contributed by atoms with Gasteiger partial charge in [0.25, 0.3) is 5.91 Å². The van der Waals surface area contributed by atoms with Gasteiger partial charge in [0.2, 0.25) is 0 Å². The fourth-order valence-electron chi connectivity index (χ4n) is 3.92. The van der Waals surface area contributed by atoms with Gasteiger partial charge in [-0.15, -0.1) is 0 Å². The highest BCUT2D eigenvalue weighted by molar-refractivity contribution is 5.91. The molecule has 4 rings (SSSR count). The quantitative estimate of drug-likeness (QED) is 0.276. The van der Waals surface area contributed by atoms with Gasteiger partial charge in [-0.1, -0.05) is 72.8 Å². The molecule has 0 radical (unpaired) electrons. The standard InChI is InChI=1S/C29H27F3N2O2/c30-29(31,32)25-13-11-24(12-14-25)20-34(19-23-9-5-2-6-10-23)21-26-15-16-27(36-26)28(35)33-18-17-22-7-3-1-4-8-22/h1-16H,17-21H2,(H,33,35). The summed E-state index contributed by atoms with van der Waals surface area (Å²) in [7, 11) is 0. The number of rotatable bonds is 10. The smallest absolute Gasteiger partial charge is 0.416 e. The molecule has 0 bridgehead atoms. The number of hydrogen-bond acceptors (Lipinski definition) is 3. The molecule has 0 spiro atoms. The highest BCUT2D eigenvalue weighted by Crippen LogP contribution is 2.29. The van der Waals surface area contributed by atoms with E-state index < -0.39 is 11.7 Å². The van der Waals surface area contributed by atoms with Crippen LogP contribution >= 0.6 is 0 Å². The molecule has 0 unspecified atom stereocenters. The molecule has 0 aliphatic carbocycles. The van der Waals surface area contributed by atoms with Crippen molar-refractivity contribution >= 4 is 5.91 Å². The first-order chi connectivity index (χ1) is 17.4. The number of hydrogen-bond donors (Lipinski definition) is 1. The molecule has 0 saturated carbocycles. The molecule has 4 aromatic rings. The molecule has 4 nitrogen and oxygen atoms in total. The van der Waals surface area contributed by atoms with Crippen molar-refractivity contribution in [2.45, 2.75) is 32.2 Å². The fraction of sp³-hybridized carbons (Fsp3) is 0.207. The van der Waals surface area contributed by atoms with E-state index in [1.165, 1.54) is 12.1 Å². The Morgan fingerprint density at radius 3 is 1.92 bits per heavy atom. The predicted octanol–water partition coefficient (Wildman–Crippen LogP) is 6.47. The minimum absolute atomic E-state index is 0.229. The van der Waals surface area contributed by atoms with Crippen molar-refractivity contribution in [3.8, 4) is 0 Å². The van der Waals surface area contributed by atoms with Crippen LogP contribution in [0.4, 0.5) is 13.2 Å². The minimum Gasteiger partial charge on any atom is -0.455 e. The van der Waals surface area contributed by atoms with Crippen molar-refractivity contribution in [1.82, 2.24) is 10.2 Å². The summed E-state index contributed by atoms with van der Waals surface area (Å²) in [6, 6.07) is 28.3. The molecular weight excluding hydrogens is 465 g/mol. The van der Waals surface area contributed by atoms with E-state index in [0.29, 0.717) is 31.9 Å². The molecule has 1 aromatic heterocycles. The summed E-state index contributed by atoms with van der Waals surface area (Å²) in [5, 5.41) is 2.87. The van der Waals surface area contributed by atoms with Crippen molar-refractivity contribution in [2.24, 2.45) is 0 Å². The topological polar surface area (TPSA) is 45.5 Å². The maximum atomic E-state index is 12.9. The summed E-state index contributed by atoms with van der Waals surface area (Å²) in [4.78, 5) is 14.6. The summed E-state index contributed by atoms with van der Waals surface area (Å²) in [6.45, 7) is 1.88. The lowest BCUT2D eigenvalue weighted by atomic mass is 10.1. The van der Waals surface area contributed by atoms with Crippen LogP contribution in [0.15, 0.2) is 101 Å². The van der Waals surface area contributed by atoms with Gasteiger partial charge in [-0.25, -0.2) is 0 Å². The van der Waals surface area contributed by atoms with Crippen molar-refractivity contribution < 1.29 is 22.4 Å². The minimum atomic E-state index is -4.37. The lowest BCUT2D eigenvalue weighted by Crippen LogP contribution is -2.25. The number of carbonyl (C=O) groups excluding carboxylic acids is 1. The van der Waals surface area contributed by atoms with E-state index in [9.17, 15) is 18.0 Å². The zero-order valence-corrected chi connectivity index (χ0v) is 19.7. The Morgan fingerprint density at radius 2 is 1.31 bits per heavy atom. The van der Waals surface area contributed by atoms with Gasteiger partial charge in [-0.2, -0.15) is 13.2 Å². The van der Waals surface area contributed by atoms with E-state index in [0.717, 1.165) is 35.2 Å². The summed E-state index contributed by atoms with van der Waals surface area (Å²) in [5.41, 5.74) is 2.28. The molecule has 0 atom stereocenters. The van der Waals surface area contributed by atoms with Crippen LogP contribution in [0.2, 0.25) is 0 Å². The Kier molecular flexibility index (Phi) is 8.23. The van der Waals surface area contributed by atoms with E-state index in [2.05, 4.69) is 10.2 Å². The molecule has 0 aliphatic heterocycles. The third-order valence-electron chi connectivity index (χ3n) is 5.74. The average Bonchev–Trinajstić information content (AvgIpc) is 3.34. The molecule has 0 fully saturated rings. The third-order valence-corrected chi connectivity index (χ3v) is 5.74. The molecule has 186 valence electrons. The summed E-state index contributed by atoms with van der Waals surface area (Å²) in [5.74, 6) is 0.549. The van der Waals surface area contributed by atoms with E-state index in [1.807, 2.05) is 60.7 Å². The van der Waals surface area contributed by atoms with Crippen molar-refractivity contribution in [2.75, 3.05) is 6.54 Å². The van der Waals surface area contributed by atoms with E-state index >= 15 is 0 Å². The van der Waals surface area contributed by atoms with Crippen LogP contribution in [0.3, 0.4) is 0 Å². The van der Waals surface area contributed by atoms with Crippen molar-refractivity contribution in [3.63, 3.8) is 0 Å². The molecule has 7 heteroatoms. The van der Waals surface area contributed by atoms with Crippen LogP contribution in [-0.2, 0) is 32.2 Å². The van der Waals surface area contributed by atoms with Gasteiger partial charge in [0.15, 0.2) is 5.76 Å². The summed E-state index contributed by atoms with van der Waals surface area (Å²) < 4.78 is 44.6. The number of benzene rings is 3. The van der Waals surface area contributed by atoms with Gasteiger partial charge < -0.3 is 9.73 Å². The highest BCUT2D eigenvalue weighted by atomic mass is 19.4. The van der Waals surface area contributed by atoms with Gasteiger partial charge in [0.1, 0.15) is 5.76 Å². The third kappa shape index (κ3) is 7.33. The Bertz CT molecular complexity index is 1240. The summed E-state index contributed by atoms with van der Waals surface area (Å²) in [6.07, 6.45) is -3.65. The lowest BCUT2D eigenvalue weighted by molar-refractivity contribution is -0.137. The number of nitrogens with one attached hydrogen (secondary N) is 1. The van der Waals surface area contributed by atoms with Gasteiger partial charge in [0, 0.05) is 19.6 Å². The van der Waals surface area contributed by atoms with E-state index in [1.54, 1.807) is 12.1 Å². The summed E-state index contributed by atoms with van der Waals surface area (Å²) >= 11 is 0. The maximum Gasteiger partial charge on any atom is 0.416 e. The zero-order chi connectivity index (χ0) is 25.4. The van der Waals surface area contributed by atoms with Crippen LogP contribution in [0.5, 0.6) is 0 Å². The van der Waals surface area contributed by atoms with E-state index in [4.69, 9.17) is 4.42 Å². The second-order valence-electron chi connectivity index (χ2n) is 8.58. The first-order valence-electron chi connectivity index (χ1n) is 11.7. The molecule has 1 amide bonds. The first kappa shape index (κ1) is 25.3. The molecule has 1 N–H and O–H groups in total. The number of amides is 1.